The Morgan fingerprint density at radius 1 is 0.950 bits per heavy atom. The molecule has 4 aromatic rings. The van der Waals surface area contributed by atoms with E-state index in [-0.39, 0.29) is 17.9 Å². The Kier molecular flexibility index (Phi) is 9.84. The maximum absolute atomic E-state index is 13.0. The molecule has 0 saturated carbocycles. The largest absolute Gasteiger partial charge is 0.494 e. The van der Waals surface area contributed by atoms with Gasteiger partial charge in [-0.1, -0.05) is 42.3 Å². The average molecular weight is 561 g/mol. The summed E-state index contributed by atoms with van der Waals surface area (Å²) in [5.74, 6) is 5.53. The number of ether oxygens (including phenoxy) is 2. The molecule has 0 aliphatic heterocycles. The molecule has 1 aromatic heterocycles. The van der Waals surface area contributed by atoms with E-state index in [4.69, 9.17) is 9.47 Å². The molecule has 1 heterocycles. The molecular weight excluding hydrogens is 528 g/mol. The highest BCUT2D eigenvalue weighted by atomic mass is 32.2. The van der Waals surface area contributed by atoms with Crippen LogP contribution >= 0.6 is 0 Å². The van der Waals surface area contributed by atoms with Crippen LogP contribution in [0.2, 0.25) is 0 Å². The lowest BCUT2D eigenvalue weighted by Crippen LogP contribution is -2.42. The van der Waals surface area contributed by atoms with E-state index in [1.54, 1.807) is 6.92 Å². The second-order valence-corrected chi connectivity index (χ2v) is 10.9. The molecule has 40 heavy (non-hydrogen) atoms. The molecule has 0 aliphatic rings. The SMILES string of the molecule is CC#CCOc1ccc(S(=O)(=O)N[C@H](Cc2cn(CCCCOc3ccccc3)c3ccccc23)C(=O)O)cc1. The number of aromatic nitrogens is 1. The summed E-state index contributed by atoms with van der Waals surface area (Å²) in [6.07, 6.45) is 3.63. The summed E-state index contributed by atoms with van der Waals surface area (Å²) in [6, 6.07) is 21.8. The number of aliphatic carboxylic acids is 1. The Labute approximate surface area is 234 Å². The van der Waals surface area contributed by atoms with Gasteiger partial charge in [0, 0.05) is 30.1 Å². The van der Waals surface area contributed by atoms with Crippen molar-refractivity contribution in [2.24, 2.45) is 0 Å². The van der Waals surface area contributed by atoms with Crippen molar-refractivity contribution < 1.29 is 27.8 Å². The molecule has 4 rings (SSSR count). The third-order valence-corrected chi connectivity index (χ3v) is 7.81. The lowest BCUT2D eigenvalue weighted by molar-refractivity contribution is -0.138. The van der Waals surface area contributed by atoms with Gasteiger partial charge in [-0.15, -0.1) is 5.92 Å². The second-order valence-electron chi connectivity index (χ2n) is 9.14. The Morgan fingerprint density at radius 3 is 2.38 bits per heavy atom. The number of nitrogens with one attached hydrogen (secondary N) is 1. The average Bonchev–Trinajstić information content (AvgIpc) is 3.30. The van der Waals surface area contributed by atoms with Crippen LogP contribution in [0, 0.1) is 11.8 Å². The highest BCUT2D eigenvalue weighted by Gasteiger charge is 2.27. The number of sulfonamides is 1. The fraction of sp³-hybridized carbons (Fsp3) is 0.258. The van der Waals surface area contributed by atoms with Crippen LogP contribution in [-0.2, 0) is 27.8 Å². The molecule has 0 saturated heterocycles. The number of rotatable bonds is 14. The van der Waals surface area contributed by atoms with Crippen molar-refractivity contribution in [1.82, 2.24) is 9.29 Å². The van der Waals surface area contributed by atoms with Gasteiger partial charge in [0.15, 0.2) is 0 Å². The molecule has 1 atom stereocenters. The van der Waals surface area contributed by atoms with Crippen molar-refractivity contribution in [2.75, 3.05) is 13.2 Å². The summed E-state index contributed by atoms with van der Waals surface area (Å²) >= 11 is 0. The van der Waals surface area contributed by atoms with Gasteiger partial charge in [-0.25, -0.2) is 8.42 Å². The topological polar surface area (TPSA) is 107 Å². The van der Waals surface area contributed by atoms with Crippen LogP contribution in [0.5, 0.6) is 11.5 Å². The first-order valence-electron chi connectivity index (χ1n) is 13.0. The van der Waals surface area contributed by atoms with E-state index >= 15 is 0 Å². The monoisotopic (exact) mass is 560 g/mol. The van der Waals surface area contributed by atoms with E-state index in [2.05, 4.69) is 21.1 Å². The molecule has 0 bridgehead atoms. The van der Waals surface area contributed by atoms with Crippen molar-refractivity contribution in [1.29, 1.82) is 0 Å². The van der Waals surface area contributed by atoms with Crippen molar-refractivity contribution in [3.05, 3.63) is 90.6 Å². The van der Waals surface area contributed by atoms with E-state index in [1.807, 2.05) is 60.8 Å². The van der Waals surface area contributed by atoms with Crippen LogP contribution in [0.25, 0.3) is 10.9 Å². The molecule has 8 nitrogen and oxygen atoms in total. The van der Waals surface area contributed by atoms with Crippen LogP contribution in [0.1, 0.15) is 25.3 Å². The van der Waals surface area contributed by atoms with Gasteiger partial charge in [-0.05, 0) is 67.8 Å². The van der Waals surface area contributed by atoms with Gasteiger partial charge in [-0.3, -0.25) is 4.79 Å². The number of unbranched alkanes of at least 4 members (excludes halogenated alkanes) is 1. The number of carboxylic acids is 1. The molecule has 0 fully saturated rings. The molecule has 2 N–H and O–H groups in total. The van der Waals surface area contributed by atoms with Crippen molar-refractivity contribution in [3.63, 3.8) is 0 Å². The van der Waals surface area contributed by atoms with Crippen molar-refractivity contribution in [2.45, 2.75) is 43.7 Å². The number of hydrogen-bond donors (Lipinski definition) is 2. The number of aryl methyl sites for hydroxylation is 1. The summed E-state index contributed by atoms with van der Waals surface area (Å²) in [5.41, 5.74) is 1.73. The van der Waals surface area contributed by atoms with Gasteiger partial charge in [0.05, 0.1) is 11.5 Å². The first-order valence-corrected chi connectivity index (χ1v) is 14.5. The van der Waals surface area contributed by atoms with Crippen LogP contribution in [0.3, 0.4) is 0 Å². The van der Waals surface area contributed by atoms with Crippen molar-refractivity contribution in [3.8, 4) is 23.3 Å². The van der Waals surface area contributed by atoms with E-state index in [1.165, 1.54) is 24.3 Å². The van der Waals surface area contributed by atoms with E-state index < -0.39 is 22.0 Å². The third kappa shape index (κ3) is 7.65. The smallest absolute Gasteiger partial charge is 0.322 e. The summed E-state index contributed by atoms with van der Waals surface area (Å²) < 4.78 is 41.7. The third-order valence-electron chi connectivity index (χ3n) is 6.32. The lowest BCUT2D eigenvalue weighted by atomic mass is 10.1. The molecular formula is C31H32N2O6S. The minimum atomic E-state index is -4.09. The van der Waals surface area contributed by atoms with Crippen LogP contribution in [0.15, 0.2) is 90.0 Å². The molecule has 3 aromatic carbocycles. The Bertz CT molecular complexity index is 1590. The maximum Gasteiger partial charge on any atom is 0.322 e. The van der Waals surface area contributed by atoms with Crippen LogP contribution < -0.4 is 14.2 Å². The summed E-state index contributed by atoms with van der Waals surface area (Å²) in [7, 11) is -4.09. The minimum absolute atomic E-state index is 0.00389. The van der Waals surface area contributed by atoms with Crippen LogP contribution in [0.4, 0.5) is 0 Å². The van der Waals surface area contributed by atoms with Gasteiger partial charge < -0.3 is 19.1 Å². The predicted octanol–water partition coefficient (Wildman–Crippen LogP) is 4.88. The zero-order valence-corrected chi connectivity index (χ0v) is 23.1. The normalized spacial score (nSPS) is 11.9. The van der Waals surface area contributed by atoms with Crippen molar-refractivity contribution >= 4 is 26.9 Å². The zero-order chi connectivity index (χ0) is 28.4. The molecule has 0 aliphatic carbocycles. The maximum atomic E-state index is 13.0. The van der Waals surface area contributed by atoms with Crippen LogP contribution in [-0.4, -0.2) is 43.3 Å². The first-order chi connectivity index (χ1) is 19.4. The number of carbonyl (C=O) groups is 1. The molecule has 0 spiro atoms. The molecule has 0 amide bonds. The van der Waals surface area contributed by atoms with Gasteiger partial charge in [-0.2, -0.15) is 4.72 Å². The summed E-state index contributed by atoms with van der Waals surface area (Å²) in [6.45, 7) is 3.21. The highest BCUT2D eigenvalue weighted by molar-refractivity contribution is 7.89. The Morgan fingerprint density at radius 2 is 1.65 bits per heavy atom. The number of para-hydroxylation sites is 2. The number of fused-ring (bicyclic) bond motifs is 1. The van der Waals surface area contributed by atoms with Gasteiger partial charge in [0.2, 0.25) is 10.0 Å². The fourth-order valence-corrected chi connectivity index (χ4v) is 5.51. The number of benzene rings is 3. The Hall–Kier alpha value is -4.26. The standard InChI is InChI=1S/C31H32N2O6S/c1-2-3-20-38-26-15-17-27(18-16-26)40(36,37)32-29(31(34)35)22-24-23-33(30-14-8-7-13-28(24)30)19-9-10-21-39-25-11-5-4-6-12-25/h4-8,11-18,23,29,32H,9-10,19-22H2,1H3,(H,34,35)/t29-/m1/s1. The predicted molar refractivity (Wildman–Crippen MR) is 154 cm³/mol. The number of hydrogen-bond acceptors (Lipinski definition) is 5. The van der Waals surface area contributed by atoms with Gasteiger partial charge in [0.25, 0.3) is 0 Å². The lowest BCUT2D eigenvalue weighted by Gasteiger charge is -2.15. The highest BCUT2D eigenvalue weighted by Crippen LogP contribution is 2.24. The van der Waals surface area contributed by atoms with E-state index in [0.29, 0.717) is 12.4 Å². The molecule has 0 radical (unpaired) electrons. The summed E-state index contributed by atoms with van der Waals surface area (Å²) in [5, 5.41) is 10.8. The van der Waals surface area contributed by atoms with E-state index in [9.17, 15) is 18.3 Å². The minimum Gasteiger partial charge on any atom is -0.494 e. The second kappa shape index (κ2) is 13.7. The summed E-state index contributed by atoms with van der Waals surface area (Å²) in [4.78, 5) is 12.1. The van der Waals surface area contributed by atoms with E-state index in [0.717, 1.165) is 41.6 Å². The quantitative estimate of drug-likeness (QED) is 0.168. The zero-order valence-electron chi connectivity index (χ0n) is 22.2. The van der Waals surface area contributed by atoms with Gasteiger partial charge in [0.1, 0.15) is 24.1 Å². The molecule has 9 heteroatoms. The van der Waals surface area contributed by atoms with Gasteiger partial charge >= 0.3 is 5.97 Å². The molecule has 0 unspecified atom stereocenters. The number of nitrogens with zero attached hydrogens (tertiary/aromatic N) is 1. The fourth-order valence-electron chi connectivity index (χ4n) is 4.32. The number of carboxylic acid groups (broad SMARTS) is 1. The first kappa shape index (κ1) is 28.7. The Balaban J connectivity index is 1.42. The molecule has 208 valence electrons.